The molecule has 34 heavy (non-hydrogen) atoms. The highest BCUT2D eigenvalue weighted by Crippen LogP contribution is 2.31. The maximum atomic E-state index is 12.9. The predicted octanol–water partition coefficient (Wildman–Crippen LogP) is 4.66. The zero-order chi connectivity index (χ0) is 24.7. The average Bonchev–Trinajstić information content (AvgIpc) is 2.82. The molecule has 7 heteroatoms. The number of rotatable bonds is 10. The minimum Gasteiger partial charge on any atom is -0.478 e. The van der Waals surface area contributed by atoms with Crippen LogP contribution >= 0.6 is 0 Å². The molecule has 2 aromatic rings. The van der Waals surface area contributed by atoms with Crippen LogP contribution in [0.4, 0.5) is 11.4 Å². The van der Waals surface area contributed by atoms with Gasteiger partial charge in [-0.15, -0.1) is 0 Å². The van der Waals surface area contributed by atoms with Crippen LogP contribution in [0.15, 0.2) is 42.5 Å². The molecule has 0 aliphatic carbocycles. The summed E-state index contributed by atoms with van der Waals surface area (Å²) in [4.78, 5) is 29.1. The van der Waals surface area contributed by atoms with Crippen LogP contribution in [0, 0.1) is 6.92 Å². The Morgan fingerprint density at radius 3 is 2.38 bits per heavy atom. The number of ether oxygens (including phenoxy) is 1. The number of carboxylic acid groups (broad SMARTS) is 1. The highest BCUT2D eigenvalue weighted by atomic mass is 16.5. The fourth-order valence-electron chi connectivity index (χ4n) is 4.31. The molecule has 2 N–H and O–H groups in total. The summed E-state index contributed by atoms with van der Waals surface area (Å²) in [5.74, 6) is -1.26. The molecule has 0 spiro atoms. The normalized spacial score (nSPS) is 14.6. The van der Waals surface area contributed by atoms with Crippen molar-refractivity contribution < 1.29 is 19.4 Å². The Kier molecular flexibility index (Phi) is 9.07. The van der Waals surface area contributed by atoms with Gasteiger partial charge < -0.3 is 25.0 Å². The molecule has 1 aliphatic heterocycles. The lowest BCUT2D eigenvalue weighted by molar-refractivity contribution is 0.0681. The van der Waals surface area contributed by atoms with E-state index in [9.17, 15) is 14.7 Å². The fourth-order valence-corrected chi connectivity index (χ4v) is 4.31. The van der Waals surface area contributed by atoms with Gasteiger partial charge in [0.25, 0.3) is 5.91 Å². The van der Waals surface area contributed by atoms with E-state index in [-0.39, 0.29) is 17.6 Å². The van der Waals surface area contributed by atoms with Crippen molar-refractivity contribution in [3.8, 4) is 0 Å². The van der Waals surface area contributed by atoms with Gasteiger partial charge in [0.1, 0.15) is 0 Å². The number of benzene rings is 2. The Hall–Kier alpha value is -2.90. The van der Waals surface area contributed by atoms with E-state index in [1.807, 2.05) is 25.1 Å². The van der Waals surface area contributed by atoms with Crippen molar-refractivity contribution in [2.75, 3.05) is 43.5 Å². The summed E-state index contributed by atoms with van der Waals surface area (Å²) in [5.41, 5.74) is 3.16. The van der Waals surface area contributed by atoms with Crippen molar-refractivity contribution in [1.29, 1.82) is 0 Å². The monoisotopic (exact) mass is 467 g/mol. The van der Waals surface area contributed by atoms with Crippen molar-refractivity contribution in [1.82, 2.24) is 4.90 Å². The second-order valence-electron chi connectivity index (χ2n) is 9.33. The summed E-state index contributed by atoms with van der Waals surface area (Å²) in [5, 5.41) is 12.4. The lowest BCUT2D eigenvalue weighted by Gasteiger charge is -2.38. The molecule has 184 valence electrons. The van der Waals surface area contributed by atoms with Crippen molar-refractivity contribution in [3.63, 3.8) is 0 Å². The smallest absolute Gasteiger partial charge is 0.335 e. The van der Waals surface area contributed by atoms with E-state index in [0.717, 1.165) is 56.8 Å². The Balaban J connectivity index is 1.66. The Morgan fingerprint density at radius 1 is 1.12 bits per heavy atom. The summed E-state index contributed by atoms with van der Waals surface area (Å²) in [6.07, 6.45) is 3.30. The van der Waals surface area contributed by atoms with E-state index in [1.54, 1.807) is 24.3 Å². The number of nitrogens with one attached hydrogen (secondary N) is 1. The van der Waals surface area contributed by atoms with Crippen molar-refractivity contribution in [3.05, 3.63) is 59.2 Å². The highest BCUT2D eigenvalue weighted by Gasteiger charge is 2.25. The van der Waals surface area contributed by atoms with Gasteiger partial charge in [0, 0.05) is 37.8 Å². The summed E-state index contributed by atoms with van der Waals surface area (Å²) in [7, 11) is 2.17. The van der Waals surface area contributed by atoms with Crippen LogP contribution in [0.3, 0.4) is 0 Å². The number of anilines is 2. The number of carbonyl (C=O) groups is 2. The predicted molar refractivity (Wildman–Crippen MR) is 136 cm³/mol. The van der Waals surface area contributed by atoms with Crippen LogP contribution < -0.4 is 10.2 Å². The van der Waals surface area contributed by atoms with Crippen LogP contribution in [0.25, 0.3) is 0 Å². The molecule has 0 aromatic heterocycles. The largest absolute Gasteiger partial charge is 0.478 e. The number of hydrogen-bond donors (Lipinski definition) is 2. The summed E-state index contributed by atoms with van der Waals surface area (Å²) < 4.78 is 5.65. The number of nitrogens with zero attached hydrogens (tertiary/aromatic N) is 2. The van der Waals surface area contributed by atoms with E-state index >= 15 is 0 Å². The number of piperidine rings is 1. The average molecular weight is 468 g/mol. The molecular weight excluding hydrogens is 430 g/mol. The van der Waals surface area contributed by atoms with E-state index in [2.05, 4.69) is 36.0 Å². The summed E-state index contributed by atoms with van der Waals surface area (Å²) in [6, 6.07) is 12.8. The van der Waals surface area contributed by atoms with E-state index in [4.69, 9.17) is 4.74 Å². The van der Waals surface area contributed by atoms with Crippen LogP contribution in [-0.4, -0.2) is 67.3 Å². The first-order chi connectivity index (χ1) is 16.2. The zero-order valence-electron chi connectivity index (χ0n) is 20.7. The Bertz CT molecular complexity index is 966. The molecule has 1 heterocycles. The summed E-state index contributed by atoms with van der Waals surface area (Å²) in [6.45, 7) is 9.55. The third kappa shape index (κ3) is 7.05. The standard InChI is InChI=1S/C27H37N3O4/c1-19(2)34-17-5-14-29(4)23-12-15-30(16-13-23)25-11-10-22(27(32)33)18-24(25)28-26(31)21-8-6-20(3)7-9-21/h6-11,18-19,23H,5,12-17H2,1-4H3,(H,28,31)(H,32,33). The molecule has 2 aromatic carbocycles. The van der Waals surface area contributed by atoms with Crippen LogP contribution in [-0.2, 0) is 4.74 Å². The summed E-state index contributed by atoms with van der Waals surface area (Å²) >= 11 is 0. The second-order valence-corrected chi connectivity index (χ2v) is 9.33. The molecule has 0 unspecified atom stereocenters. The van der Waals surface area contributed by atoms with Gasteiger partial charge in [-0.3, -0.25) is 4.79 Å². The molecule has 1 fully saturated rings. The van der Waals surface area contributed by atoms with Crippen molar-refractivity contribution in [2.45, 2.75) is 52.2 Å². The molecule has 0 atom stereocenters. The Morgan fingerprint density at radius 2 is 1.76 bits per heavy atom. The quantitative estimate of drug-likeness (QED) is 0.495. The topological polar surface area (TPSA) is 82.1 Å². The first-order valence-corrected chi connectivity index (χ1v) is 12.1. The number of amides is 1. The lowest BCUT2D eigenvalue weighted by atomic mass is 10.0. The number of hydrogen-bond acceptors (Lipinski definition) is 5. The number of aryl methyl sites for hydroxylation is 1. The molecule has 0 radical (unpaired) electrons. The first kappa shape index (κ1) is 25.7. The van der Waals surface area contributed by atoms with Gasteiger partial charge in [0.05, 0.1) is 23.0 Å². The van der Waals surface area contributed by atoms with Crippen LogP contribution in [0.5, 0.6) is 0 Å². The van der Waals surface area contributed by atoms with E-state index < -0.39 is 5.97 Å². The molecule has 0 bridgehead atoms. The van der Waals surface area contributed by atoms with Gasteiger partial charge in [-0.2, -0.15) is 0 Å². The van der Waals surface area contributed by atoms with Gasteiger partial charge in [-0.05, 0) is 77.4 Å². The molecule has 3 rings (SSSR count). The third-order valence-corrected chi connectivity index (χ3v) is 6.34. The van der Waals surface area contributed by atoms with Crippen molar-refractivity contribution >= 4 is 23.3 Å². The molecule has 0 saturated carbocycles. The van der Waals surface area contributed by atoms with Gasteiger partial charge >= 0.3 is 5.97 Å². The number of carboxylic acids is 1. The van der Waals surface area contributed by atoms with E-state index in [0.29, 0.717) is 17.3 Å². The second kappa shape index (κ2) is 12.0. The molecule has 1 saturated heterocycles. The van der Waals surface area contributed by atoms with Crippen LogP contribution in [0.2, 0.25) is 0 Å². The van der Waals surface area contributed by atoms with Crippen LogP contribution in [0.1, 0.15) is 59.4 Å². The number of carbonyl (C=O) groups excluding carboxylic acids is 1. The number of aromatic carboxylic acids is 1. The van der Waals surface area contributed by atoms with Gasteiger partial charge in [0.2, 0.25) is 0 Å². The SMILES string of the molecule is Cc1ccc(C(=O)Nc2cc(C(=O)O)ccc2N2CCC(N(C)CCCOC(C)C)CC2)cc1. The fraction of sp³-hybridized carbons (Fsp3) is 0.481. The highest BCUT2D eigenvalue weighted by molar-refractivity contribution is 6.06. The zero-order valence-corrected chi connectivity index (χ0v) is 20.7. The lowest BCUT2D eigenvalue weighted by Crippen LogP contribution is -2.44. The third-order valence-electron chi connectivity index (χ3n) is 6.34. The minimum absolute atomic E-state index is 0.154. The van der Waals surface area contributed by atoms with Gasteiger partial charge in [0.15, 0.2) is 0 Å². The maximum absolute atomic E-state index is 12.9. The molecular formula is C27H37N3O4. The van der Waals surface area contributed by atoms with E-state index in [1.165, 1.54) is 0 Å². The van der Waals surface area contributed by atoms with Crippen molar-refractivity contribution in [2.24, 2.45) is 0 Å². The molecule has 1 amide bonds. The first-order valence-electron chi connectivity index (χ1n) is 12.1. The maximum Gasteiger partial charge on any atom is 0.335 e. The Labute approximate surface area is 202 Å². The minimum atomic E-state index is -1.01. The molecule has 1 aliphatic rings. The van der Waals surface area contributed by atoms with Gasteiger partial charge in [-0.25, -0.2) is 4.79 Å². The molecule has 7 nitrogen and oxygen atoms in total. The van der Waals surface area contributed by atoms with Gasteiger partial charge in [-0.1, -0.05) is 17.7 Å².